The van der Waals surface area contributed by atoms with Crippen LogP contribution in [-0.4, -0.2) is 30.0 Å². The molecule has 0 aliphatic heterocycles. The summed E-state index contributed by atoms with van der Waals surface area (Å²) in [6.45, 7) is 2.57. The number of carbonyl (C=O) groups is 2. The van der Waals surface area contributed by atoms with Gasteiger partial charge < -0.3 is 10.1 Å². The van der Waals surface area contributed by atoms with E-state index >= 15 is 0 Å². The fourth-order valence-electron chi connectivity index (χ4n) is 2.68. The lowest BCUT2D eigenvalue weighted by Crippen LogP contribution is -2.25. The SMILES string of the molecule is CCOC(=O)CCCNC(=O)c1cc(-c2cccs2)nc2ccccc12. The maximum absolute atomic E-state index is 12.7. The maximum atomic E-state index is 12.7. The Morgan fingerprint density at radius 1 is 1.19 bits per heavy atom. The zero-order valence-electron chi connectivity index (χ0n) is 14.5. The molecule has 0 atom stereocenters. The number of nitrogens with zero attached hydrogens (tertiary/aromatic N) is 1. The van der Waals surface area contributed by atoms with E-state index in [0.717, 1.165) is 21.5 Å². The highest BCUT2D eigenvalue weighted by molar-refractivity contribution is 7.13. The fraction of sp³-hybridized carbons (Fsp3) is 0.250. The Morgan fingerprint density at radius 2 is 2.04 bits per heavy atom. The van der Waals surface area contributed by atoms with Gasteiger partial charge in [-0.15, -0.1) is 11.3 Å². The summed E-state index contributed by atoms with van der Waals surface area (Å²) in [5.41, 5.74) is 2.17. The minimum absolute atomic E-state index is 0.162. The number of nitrogens with one attached hydrogen (secondary N) is 1. The van der Waals surface area contributed by atoms with Crippen LogP contribution in [0.1, 0.15) is 30.1 Å². The van der Waals surface area contributed by atoms with E-state index in [1.165, 1.54) is 0 Å². The molecular weight excluding hydrogens is 348 g/mol. The number of hydrogen-bond donors (Lipinski definition) is 1. The molecule has 1 N–H and O–H groups in total. The molecule has 0 spiro atoms. The van der Waals surface area contributed by atoms with E-state index in [-0.39, 0.29) is 11.9 Å². The molecule has 0 bridgehead atoms. The van der Waals surface area contributed by atoms with E-state index in [1.54, 1.807) is 18.3 Å². The van der Waals surface area contributed by atoms with Crippen molar-refractivity contribution in [2.75, 3.05) is 13.2 Å². The number of para-hydroxylation sites is 1. The number of hydrogen-bond acceptors (Lipinski definition) is 5. The van der Waals surface area contributed by atoms with Gasteiger partial charge in [-0.05, 0) is 36.9 Å². The first kappa shape index (κ1) is 18.1. The summed E-state index contributed by atoms with van der Waals surface area (Å²) < 4.78 is 4.89. The predicted molar refractivity (Wildman–Crippen MR) is 103 cm³/mol. The first-order chi connectivity index (χ1) is 12.7. The van der Waals surface area contributed by atoms with E-state index in [1.807, 2.05) is 47.8 Å². The molecule has 0 aliphatic rings. The Kier molecular flexibility index (Phi) is 5.96. The van der Waals surface area contributed by atoms with Crippen LogP contribution < -0.4 is 5.32 Å². The summed E-state index contributed by atoms with van der Waals surface area (Å²) in [6, 6.07) is 13.4. The Morgan fingerprint density at radius 3 is 2.81 bits per heavy atom. The quantitative estimate of drug-likeness (QED) is 0.505. The van der Waals surface area contributed by atoms with Crippen LogP contribution in [-0.2, 0) is 9.53 Å². The van der Waals surface area contributed by atoms with Gasteiger partial charge in [0.25, 0.3) is 5.91 Å². The summed E-state index contributed by atoms with van der Waals surface area (Å²) in [5.74, 6) is -0.402. The molecule has 3 rings (SSSR count). The number of benzene rings is 1. The average molecular weight is 368 g/mol. The molecular formula is C20H20N2O3S. The van der Waals surface area contributed by atoms with Gasteiger partial charge in [-0.1, -0.05) is 24.3 Å². The number of aromatic nitrogens is 1. The molecule has 0 radical (unpaired) electrons. The van der Waals surface area contributed by atoms with E-state index in [0.29, 0.717) is 31.6 Å². The topological polar surface area (TPSA) is 68.3 Å². The summed E-state index contributed by atoms with van der Waals surface area (Å²) >= 11 is 1.59. The molecule has 1 amide bonds. The molecule has 0 saturated heterocycles. The molecule has 1 aromatic carbocycles. The lowest BCUT2D eigenvalue weighted by Gasteiger charge is -2.10. The summed E-state index contributed by atoms with van der Waals surface area (Å²) in [4.78, 5) is 29.8. The van der Waals surface area contributed by atoms with Crippen LogP contribution >= 0.6 is 11.3 Å². The monoisotopic (exact) mass is 368 g/mol. The highest BCUT2D eigenvalue weighted by Crippen LogP contribution is 2.27. The van der Waals surface area contributed by atoms with Gasteiger partial charge in [0.2, 0.25) is 0 Å². The molecule has 2 aromatic heterocycles. The Labute approximate surface area is 156 Å². The number of amides is 1. The number of thiophene rings is 1. The molecule has 2 heterocycles. The first-order valence-corrected chi connectivity index (χ1v) is 9.44. The number of rotatable bonds is 7. The molecule has 6 heteroatoms. The van der Waals surface area contributed by atoms with Crippen molar-refractivity contribution in [2.45, 2.75) is 19.8 Å². The summed E-state index contributed by atoms with van der Waals surface area (Å²) in [6.07, 6.45) is 0.844. The average Bonchev–Trinajstić information content (AvgIpc) is 3.19. The highest BCUT2D eigenvalue weighted by atomic mass is 32.1. The summed E-state index contributed by atoms with van der Waals surface area (Å²) in [5, 5.41) is 5.69. The Balaban J connectivity index is 1.77. The van der Waals surface area contributed by atoms with E-state index in [9.17, 15) is 9.59 Å². The standard InChI is InChI=1S/C20H20N2O3S/c1-2-25-19(23)10-5-11-21-20(24)15-13-17(18-9-6-12-26-18)22-16-8-4-3-7-14(15)16/h3-4,6-9,12-13H,2,5,10-11H2,1H3,(H,21,24). The molecule has 0 aliphatic carbocycles. The lowest BCUT2D eigenvalue weighted by atomic mass is 10.1. The van der Waals surface area contributed by atoms with Gasteiger partial charge in [-0.2, -0.15) is 0 Å². The van der Waals surface area contributed by atoms with Crippen molar-refractivity contribution in [3.63, 3.8) is 0 Å². The molecule has 134 valence electrons. The number of ether oxygens (including phenoxy) is 1. The van der Waals surface area contributed by atoms with Crippen LogP contribution in [0.15, 0.2) is 47.8 Å². The Hall–Kier alpha value is -2.73. The Bertz CT molecular complexity index is 907. The van der Waals surface area contributed by atoms with Gasteiger partial charge >= 0.3 is 5.97 Å². The lowest BCUT2D eigenvalue weighted by molar-refractivity contribution is -0.143. The second-order valence-corrected chi connectivity index (χ2v) is 6.66. The minimum atomic E-state index is -0.240. The van der Waals surface area contributed by atoms with Gasteiger partial charge in [-0.3, -0.25) is 9.59 Å². The van der Waals surface area contributed by atoms with Crippen molar-refractivity contribution in [3.05, 3.63) is 53.4 Å². The third kappa shape index (κ3) is 4.26. The van der Waals surface area contributed by atoms with Crippen LogP contribution in [0, 0.1) is 0 Å². The van der Waals surface area contributed by atoms with Crippen molar-refractivity contribution in [2.24, 2.45) is 0 Å². The van der Waals surface area contributed by atoms with Crippen molar-refractivity contribution < 1.29 is 14.3 Å². The minimum Gasteiger partial charge on any atom is -0.466 e. The maximum Gasteiger partial charge on any atom is 0.305 e. The second-order valence-electron chi connectivity index (χ2n) is 5.71. The number of pyridine rings is 1. The van der Waals surface area contributed by atoms with Crippen molar-refractivity contribution in [1.82, 2.24) is 10.3 Å². The smallest absolute Gasteiger partial charge is 0.305 e. The summed E-state index contributed by atoms with van der Waals surface area (Å²) in [7, 11) is 0. The van der Waals surface area contributed by atoms with Crippen molar-refractivity contribution >= 4 is 34.1 Å². The largest absolute Gasteiger partial charge is 0.466 e. The van der Waals surface area contributed by atoms with Gasteiger partial charge in [0, 0.05) is 18.4 Å². The molecule has 0 unspecified atom stereocenters. The van der Waals surface area contributed by atoms with E-state index < -0.39 is 0 Å². The third-order valence-electron chi connectivity index (χ3n) is 3.88. The third-order valence-corrected chi connectivity index (χ3v) is 4.78. The van der Waals surface area contributed by atoms with Crippen LogP contribution in [0.25, 0.3) is 21.5 Å². The van der Waals surface area contributed by atoms with Gasteiger partial charge in [0.1, 0.15) is 0 Å². The second kappa shape index (κ2) is 8.58. The van der Waals surface area contributed by atoms with E-state index in [2.05, 4.69) is 10.3 Å². The normalized spacial score (nSPS) is 10.7. The number of esters is 1. The number of fused-ring (bicyclic) bond motifs is 1. The fourth-order valence-corrected chi connectivity index (χ4v) is 3.36. The van der Waals surface area contributed by atoms with Crippen LogP contribution in [0.3, 0.4) is 0 Å². The van der Waals surface area contributed by atoms with Crippen molar-refractivity contribution in [1.29, 1.82) is 0 Å². The van der Waals surface area contributed by atoms with E-state index in [4.69, 9.17) is 4.74 Å². The van der Waals surface area contributed by atoms with Crippen molar-refractivity contribution in [3.8, 4) is 10.6 Å². The zero-order chi connectivity index (χ0) is 18.4. The van der Waals surface area contributed by atoms with Gasteiger partial charge in [0.15, 0.2) is 0 Å². The van der Waals surface area contributed by atoms with Crippen LogP contribution in [0.4, 0.5) is 0 Å². The number of carbonyl (C=O) groups excluding carboxylic acids is 2. The first-order valence-electron chi connectivity index (χ1n) is 8.56. The molecule has 3 aromatic rings. The molecule has 0 fully saturated rings. The molecule has 0 saturated carbocycles. The molecule has 26 heavy (non-hydrogen) atoms. The van der Waals surface area contributed by atoms with Crippen LogP contribution in [0.2, 0.25) is 0 Å². The van der Waals surface area contributed by atoms with Gasteiger partial charge in [0.05, 0.1) is 28.3 Å². The molecule has 5 nitrogen and oxygen atoms in total. The van der Waals surface area contributed by atoms with Gasteiger partial charge in [-0.25, -0.2) is 4.98 Å². The van der Waals surface area contributed by atoms with Crippen LogP contribution in [0.5, 0.6) is 0 Å². The predicted octanol–water partition coefficient (Wildman–Crippen LogP) is 4.04. The zero-order valence-corrected chi connectivity index (χ0v) is 15.3. The highest BCUT2D eigenvalue weighted by Gasteiger charge is 2.14.